The van der Waals surface area contributed by atoms with Crippen molar-refractivity contribution in [3.05, 3.63) is 0 Å². The minimum absolute atomic E-state index is 0.0132. The van der Waals surface area contributed by atoms with Crippen LogP contribution in [0.4, 0.5) is 8.68 Å². The van der Waals surface area contributed by atoms with Gasteiger partial charge in [0.1, 0.15) is 5.60 Å². The molecule has 1 unspecified atom stereocenters. The normalized spacial score (nSPS) is 19.4. The molecule has 1 fully saturated rings. The molecule has 0 aromatic carbocycles. The van der Waals surface area contributed by atoms with Crippen molar-refractivity contribution < 1.29 is 26.6 Å². The molecule has 128 valence electrons. The number of nitrogens with zero attached hydrogens (tertiary/aromatic N) is 2. The van der Waals surface area contributed by atoms with Gasteiger partial charge in [-0.2, -0.15) is 8.42 Å². The van der Waals surface area contributed by atoms with E-state index in [0.717, 1.165) is 0 Å². The quantitative estimate of drug-likeness (QED) is 0.698. The second kappa shape index (κ2) is 6.80. The first-order valence-electron chi connectivity index (χ1n) is 7.01. The van der Waals surface area contributed by atoms with E-state index in [-0.39, 0.29) is 32.0 Å². The summed E-state index contributed by atoms with van der Waals surface area (Å²) in [6.45, 7) is 5.97. The van der Waals surface area contributed by atoms with Gasteiger partial charge in [0.05, 0.1) is 5.75 Å². The molecule has 0 bridgehead atoms. The molecule has 0 aromatic heterocycles. The van der Waals surface area contributed by atoms with Crippen molar-refractivity contribution in [2.24, 2.45) is 5.92 Å². The summed E-state index contributed by atoms with van der Waals surface area (Å²) in [5.74, 6) is -1.41. The highest BCUT2D eigenvalue weighted by Crippen LogP contribution is 2.20. The Labute approximate surface area is 130 Å². The summed E-state index contributed by atoms with van der Waals surface area (Å²) in [6.07, 6.45) is -0.485. The SMILES string of the molecule is CN(CCN1CC(CS(=O)(=O)F)CC1=O)C(=O)OC(C)(C)C. The zero-order chi connectivity index (χ0) is 17.1. The Hall–Kier alpha value is -1.38. The second-order valence-corrected chi connectivity index (χ2v) is 7.93. The number of likely N-dealkylation sites (tertiary alicyclic amines) is 1. The highest BCUT2D eigenvalue weighted by molar-refractivity contribution is 7.86. The molecule has 1 atom stereocenters. The van der Waals surface area contributed by atoms with Crippen molar-refractivity contribution in [2.75, 3.05) is 32.4 Å². The molecule has 1 rings (SSSR count). The number of rotatable bonds is 5. The topological polar surface area (TPSA) is 84.0 Å². The number of hydrogen-bond donors (Lipinski definition) is 0. The standard InChI is InChI=1S/C13H23FN2O5S/c1-13(2,3)21-12(18)15(4)5-6-16-8-10(7-11(16)17)9-22(14,19)20/h10H,5-9H2,1-4H3. The van der Waals surface area contributed by atoms with E-state index in [0.29, 0.717) is 0 Å². The van der Waals surface area contributed by atoms with Crippen LogP contribution in [0.25, 0.3) is 0 Å². The zero-order valence-electron chi connectivity index (χ0n) is 13.3. The van der Waals surface area contributed by atoms with Gasteiger partial charge < -0.3 is 14.5 Å². The fourth-order valence-corrected chi connectivity index (χ4v) is 2.95. The van der Waals surface area contributed by atoms with E-state index < -0.39 is 33.6 Å². The molecular formula is C13H23FN2O5S. The largest absolute Gasteiger partial charge is 0.444 e. The van der Waals surface area contributed by atoms with E-state index in [9.17, 15) is 21.9 Å². The molecule has 7 nitrogen and oxygen atoms in total. The van der Waals surface area contributed by atoms with E-state index in [2.05, 4.69) is 0 Å². The van der Waals surface area contributed by atoms with Gasteiger partial charge in [0.2, 0.25) is 5.91 Å². The van der Waals surface area contributed by atoms with Gasteiger partial charge in [-0.15, -0.1) is 3.89 Å². The van der Waals surface area contributed by atoms with Gasteiger partial charge in [0.15, 0.2) is 0 Å². The molecule has 0 radical (unpaired) electrons. The summed E-state index contributed by atoms with van der Waals surface area (Å²) in [6, 6.07) is 0. The van der Waals surface area contributed by atoms with Crippen LogP contribution in [0.5, 0.6) is 0 Å². The second-order valence-electron chi connectivity index (χ2n) is 6.52. The average Bonchev–Trinajstić information content (AvgIpc) is 2.61. The maximum atomic E-state index is 12.6. The first-order valence-corrected chi connectivity index (χ1v) is 8.57. The van der Waals surface area contributed by atoms with Crippen molar-refractivity contribution in [1.29, 1.82) is 0 Å². The number of carbonyl (C=O) groups is 2. The lowest BCUT2D eigenvalue weighted by atomic mass is 10.1. The summed E-state index contributed by atoms with van der Waals surface area (Å²) in [7, 11) is -3.03. The van der Waals surface area contributed by atoms with Crippen LogP contribution in [-0.4, -0.2) is 68.3 Å². The highest BCUT2D eigenvalue weighted by Gasteiger charge is 2.33. The van der Waals surface area contributed by atoms with Crippen molar-refractivity contribution in [1.82, 2.24) is 9.80 Å². The number of carbonyl (C=O) groups excluding carboxylic acids is 2. The van der Waals surface area contributed by atoms with Crippen LogP contribution < -0.4 is 0 Å². The van der Waals surface area contributed by atoms with E-state index in [1.54, 1.807) is 27.8 Å². The third kappa shape index (κ3) is 6.59. The van der Waals surface area contributed by atoms with Crippen LogP contribution in [0.3, 0.4) is 0 Å². The fraction of sp³-hybridized carbons (Fsp3) is 0.846. The molecule has 0 aromatic rings. The fourth-order valence-electron chi connectivity index (χ4n) is 2.17. The third-order valence-electron chi connectivity index (χ3n) is 3.14. The van der Waals surface area contributed by atoms with Crippen LogP contribution in [0.15, 0.2) is 0 Å². The molecular weight excluding hydrogens is 315 g/mol. The predicted molar refractivity (Wildman–Crippen MR) is 78.4 cm³/mol. The molecule has 1 saturated heterocycles. The Morgan fingerprint density at radius 2 is 2.05 bits per heavy atom. The number of halogens is 1. The van der Waals surface area contributed by atoms with Gasteiger partial charge >= 0.3 is 16.3 Å². The van der Waals surface area contributed by atoms with Crippen LogP contribution >= 0.6 is 0 Å². The van der Waals surface area contributed by atoms with Crippen molar-refractivity contribution >= 4 is 22.2 Å². The molecule has 0 spiro atoms. The molecule has 2 amide bonds. The zero-order valence-corrected chi connectivity index (χ0v) is 14.2. The van der Waals surface area contributed by atoms with Crippen molar-refractivity contribution in [3.8, 4) is 0 Å². The lowest BCUT2D eigenvalue weighted by molar-refractivity contribution is -0.127. The van der Waals surface area contributed by atoms with Gasteiger partial charge in [0, 0.05) is 39.0 Å². The van der Waals surface area contributed by atoms with E-state index >= 15 is 0 Å². The minimum Gasteiger partial charge on any atom is -0.444 e. The monoisotopic (exact) mass is 338 g/mol. The van der Waals surface area contributed by atoms with Gasteiger partial charge in [0.25, 0.3) is 0 Å². The van der Waals surface area contributed by atoms with Crippen LogP contribution in [0.2, 0.25) is 0 Å². The molecule has 0 aliphatic carbocycles. The van der Waals surface area contributed by atoms with Crippen molar-refractivity contribution in [3.63, 3.8) is 0 Å². The first-order chi connectivity index (χ1) is 9.87. The first kappa shape index (κ1) is 18.7. The van der Waals surface area contributed by atoms with E-state index in [4.69, 9.17) is 4.74 Å². The van der Waals surface area contributed by atoms with Crippen LogP contribution in [0.1, 0.15) is 27.2 Å². The summed E-state index contributed by atoms with van der Waals surface area (Å²) in [4.78, 5) is 26.3. The molecule has 1 aliphatic heterocycles. The number of amides is 2. The summed E-state index contributed by atoms with van der Waals surface area (Å²) in [5.41, 5.74) is -0.602. The molecule has 9 heteroatoms. The Bertz CT molecular complexity index is 529. The minimum atomic E-state index is -4.58. The van der Waals surface area contributed by atoms with Gasteiger partial charge in [-0.3, -0.25) is 4.79 Å². The summed E-state index contributed by atoms with van der Waals surface area (Å²) >= 11 is 0. The average molecular weight is 338 g/mol. The number of likely N-dealkylation sites (N-methyl/N-ethyl adjacent to an activating group) is 1. The van der Waals surface area contributed by atoms with Crippen molar-refractivity contribution in [2.45, 2.75) is 32.8 Å². The lowest BCUT2D eigenvalue weighted by Crippen LogP contribution is -2.39. The Balaban J connectivity index is 2.45. The molecule has 1 heterocycles. The predicted octanol–water partition coefficient (Wildman–Crippen LogP) is 1.00. The van der Waals surface area contributed by atoms with Crippen LogP contribution in [-0.2, 0) is 19.8 Å². The Kier molecular flexibility index (Phi) is 5.77. The van der Waals surface area contributed by atoms with E-state index in [1.165, 1.54) is 9.80 Å². The smallest absolute Gasteiger partial charge is 0.410 e. The molecule has 0 N–H and O–H groups in total. The number of ether oxygens (including phenoxy) is 1. The third-order valence-corrected chi connectivity index (χ3v) is 4.01. The van der Waals surface area contributed by atoms with Gasteiger partial charge in [-0.25, -0.2) is 4.79 Å². The van der Waals surface area contributed by atoms with Gasteiger partial charge in [-0.05, 0) is 20.8 Å². The Morgan fingerprint density at radius 3 is 2.55 bits per heavy atom. The molecule has 0 saturated carbocycles. The summed E-state index contributed by atoms with van der Waals surface area (Å²) in [5, 5.41) is 0. The maximum absolute atomic E-state index is 12.6. The van der Waals surface area contributed by atoms with E-state index in [1.807, 2.05) is 0 Å². The maximum Gasteiger partial charge on any atom is 0.410 e. The van der Waals surface area contributed by atoms with Gasteiger partial charge in [-0.1, -0.05) is 0 Å². The Morgan fingerprint density at radius 1 is 1.45 bits per heavy atom. The lowest BCUT2D eigenvalue weighted by Gasteiger charge is -2.26. The highest BCUT2D eigenvalue weighted by atomic mass is 32.3. The summed E-state index contributed by atoms with van der Waals surface area (Å²) < 4.78 is 39.1. The molecule has 1 aliphatic rings. The number of hydrogen-bond acceptors (Lipinski definition) is 5. The molecule has 22 heavy (non-hydrogen) atoms. The van der Waals surface area contributed by atoms with Crippen LogP contribution in [0, 0.1) is 5.92 Å².